The number of Topliss-reactive ketones (excluding diaryl/α,β-unsaturated/α-hetero) is 1. The second kappa shape index (κ2) is 5.92. The summed E-state index contributed by atoms with van der Waals surface area (Å²) in [7, 11) is 0. The molecule has 1 aliphatic carbocycles. The van der Waals surface area contributed by atoms with Crippen molar-refractivity contribution in [3.05, 3.63) is 0 Å². The van der Waals surface area contributed by atoms with E-state index in [-0.39, 0.29) is 5.60 Å². The van der Waals surface area contributed by atoms with Crippen LogP contribution in [0.25, 0.3) is 0 Å². The Labute approximate surface area is 116 Å². The van der Waals surface area contributed by atoms with E-state index < -0.39 is 0 Å². The molecule has 0 aromatic carbocycles. The molecule has 1 spiro atoms. The first-order chi connectivity index (χ1) is 9.27. The Bertz CT molecular complexity index is 317. The zero-order chi connectivity index (χ0) is 13.1. The second-order valence-corrected chi connectivity index (χ2v) is 6.79. The van der Waals surface area contributed by atoms with Crippen LogP contribution >= 0.6 is 0 Å². The Kier molecular flexibility index (Phi) is 4.23. The SMILES string of the molecule is O=C(CC1CCNCC1)C1CCOC2(CCCC2)C1. The number of ketones is 1. The highest BCUT2D eigenvalue weighted by atomic mass is 16.5. The van der Waals surface area contributed by atoms with Crippen molar-refractivity contribution >= 4 is 5.78 Å². The van der Waals surface area contributed by atoms with Crippen LogP contribution < -0.4 is 5.32 Å². The maximum atomic E-state index is 12.5. The van der Waals surface area contributed by atoms with Gasteiger partial charge in [0.1, 0.15) is 5.78 Å². The molecule has 0 amide bonds. The number of rotatable bonds is 3. The van der Waals surface area contributed by atoms with Crippen LogP contribution in [0.4, 0.5) is 0 Å². The highest BCUT2D eigenvalue weighted by Crippen LogP contribution is 2.42. The lowest BCUT2D eigenvalue weighted by atomic mass is 9.79. The van der Waals surface area contributed by atoms with Gasteiger partial charge in [0.05, 0.1) is 5.60 Å². The maximum Gasteiger partial charge on any atom is 0.136 e. The van der Waals surface area contributed by atoms with Gasteiger partial charge < -0.3 is 10.1 Å². The van der Waals surface area contributed by atoms with Crippen molar-refractivity contribution in [2.24, 2.45) is 11.8 Å². The van der Waals surface area contributed by atoms with Gasteiger partial charge in [0.25, 0.3) is 0 Å². The molecular formula is C16H27NO2. The average Bonchev–Trinajstić information content (AvgIpc) is 2.88. The fourth-order valence-corrected chi connectivity index (χ4v) is 4.21. The molecule has 0 aromatic rings. The van der Waals surface area contributed by atoms with Gasteiger partial charge in [0.2, 0.25) is 0 Å². The minimum atomic E-state index is 0.0900. The maximum absolute atomic E-state index is 12.5. The summed E-state index contributed by atoms with van der Waals surface area (Å²) < 4.78 is 6.03. The van der Waals surface area contributed by atoms with Crippen molar-refractivity contribution in [3.8, 4) is 0 Å². The van der Waals surface area contributed by atoms with Crippen molar-refractivity contribution in [1.29, 1.82) is 0 Å². The number of carbonyl (C=O) groups excluding carboxylic acids is 1. The molecule has 2 heterocycles. The molecule has 0 aromatic heterocycles. The molecular weight excluding hydrogens is 238 g/mol. The van der Waals surface area contributed by atoms with Gasteiger partial charge in [-0.3, -0.25) is 4.79 Å². The molecule has 2 saturated heterocycles. The van der Waals surface area contributed by atoms with Gasteiger partial charge in [-0.05, 0) is 57.5 Å². The monoisotopic (exact) mass is 265 g/mol. The highest BCUT2D eigenvalue weighted by Gasteiger charge is 2.41. The zero-order valence-electron chi connectivity index (χ0n) is 12.0. The van der Waals surface area contributed by atoms with E-state index in [4.69, 9.17) is 4.74 Å². The van der Waals surface area contributed by atoms with E-state index in [2.05, 4.69) is 5.32 Å². The standard InChI is InChI=1S/C16H27NO2/c18-15(11-13-3-8-17-9-4-13)14-5-10-19-16(12-14)6-1-2-7-16/h13-14,17H,1-12H2. The van der Waals surface area contributed by atoms with Gasteiger partial charge in [-0.1, -0.05) is 12.8 Å². The smallest absolute Gasteiger partial charge is 0.136 e. The van der Waals surface area contributed by atoms with E-state index >= 15 is 0 Å². The van der Waals surface area contributed by atoms with Crippen molar-refractivity contribution < 1.29 is 9.53 Å². The Morgan fingerprint density at radius 1 is 1.16 bits per heavy atom. The van der Waals surface area contributed by atoms with Gasteiger partial charge in [-0.15, -0.1) is 0 Å². The summed E-state index contributed by atoms with van der Waals surface area (Å²) in [6.45, 7) is 2.99. The molecule has 3 nitrogen and oxygen atoms in total. The van der Waals surface area contributed by atoms with Gasteiger partial charge in [-0.25, -0.2) is 0 Å². The lowest BCUT2D eigenvalue weighted by Gasteiger charge is -2.38. The van der Waals surface area contributed by atoms with Crippen molar-refractivity contribution in [1.82, 2.24) is 5.32 Å². The van der Waals surface area contributed by atoms with Crippen LogP contribution in [0.1, 0.15) is 57.8 Å². The van der Waals surface area contributed by atoms with Crippen molar-refractivity contribution in [2.75, 3.05) is 19.7 Å². The molecule has 0 bridgehead atoms. The predicted octanol–water partition coefficient (Wildman–Crippen LogP) is 2.68. The zero-order valence-corrected chi connectivity index (χ0v) is 12.0. The molecule has 3 aliphatic rings. The summed E-state index contributed by atoms with van der Waals surface area (Å²) in [5, 5.41) is 3.38. The Balaban J connectivity index is 1.54. The predicted molar refractivity (Wildman–Crippen MR) is 75.1 cm³/mol. The van der Waals surface area contributed by atoms with E-state index in [0.29, 0.717) is 17.6 Å². The Hall–Kier alpha value is -0.410. The summed E-state index contributed by atoms with van der Waals surface area (Å²) in [4.78, 5) is 12.5. The van der Waals surface area contributed by atoms with Crippen LogP contribution in [0.2, 0.25) is 0 Å². The summed E-state index contributed by atoms with van der Waals surface area (Å²) >= 11 is 0. The normalized spacial score (nSPS) is 31.7. The minimum absolute atomic E-state index is 0.0900. The average molecular weight is 265 g/mol. The summed E-state index contributed by atoms with van der Waals surface area (Å²) in [6, 6.07) is 0. The topological polar surface area (TPSA) is 38.3 Å². The number of hydrogen-bond acceptors (Lipinski definition) is 3. The van der Waals surface area contributed by atoms with Crippen LogP contribution in [-0.2, 0) is 9.53 Å². The van der Waals surface area contributed by atoms with Crippen LogP contribution in [0, 0.1) is 11.8 Å². The first-order valence-corrected chi connectivity index (χ1v) is 8.15. The van der Waals surface area contributed by atoms with Crippen LogP contribution in [0.5, 0.6) is 0 Å². The van der Waals surface area contributed by atoms with E-state index in [1.807, 2.05) is 0 Å². The van der Waals surface area contributed by atoms with E-state index in [1.54, 1.807) is 0 Å². The summed E-state index contributed by atoms with van der Waals surface area (Å²) in [5.41, 5.74) is 0.0900. The third-order valence-corrected chi connectivity index (χ3v) is 5.41. The van der Waals surface area contributed by atoms with Crippen LogP contribution in [0.15, 0.2) is 0 Å². The molecule has 1 atom stereocenters. The minimum Gasteiger partial charge on any atom is -0.375 e. The van der Waals surface area contributed by atoms with Crippen molar-refractivity contribution in [2.45, 2.75) is 63.4 Å². The lowest BCUT2D eigenvalue weighted by molar-refractivity contribution is -0.137. The number of piperidine rings is 1. The first kappa shape index (κ1) is 13.6. The molecule has 0 radical (unpaired) electrons. The fraction of sp³-hybridized carbons (Fsp3) is 0.938. The molecule has 3 rings (SSSR count). The third kappa shape index (κ3) is 3.19. The van der Waals surface area contributed by atoms with E-state index in [1.165, 1.54) is 38.5 Å². The Morgan fingerprint density at radius 2 is 1.89 bits per heavy atom. The number of carbonyl (C=O) groups is 1. The molecule has 1 unspecified atom stereocenters. The van der Waals surface area contributed by atoms with E-state index in [0.717, 1.165) is 39.0 Å². The molecule has 3 heteroatoms. The van der Waals surface area contributed by atoms with Crippen molar-refractivity contribution in [3.63, 3.8) is 0 Å². The van der Waals surface area contributed by atoms with Crippen LogP contribution in [0.3, 0.4) is 0 Å². The number of ether oxygens (including phenoxy) is 1. The quantitative estimate of drug-likeness (QED) is 0.852. The molecule has 1 saturated carbocycles. The van der Waals surface area contributed by atoms with Crippen LogP contribution in [-0.4, -0.2) is 31.1 Å². The summed E-state index contributed by atoms with van der Waals surface area (Å²) in [6.07, 6.45) is 10.1. The summed E-state index contributed by atoms with van der Waals surface area (Å²) in [5.74, 6) is 1.46. The molecule has 108 valence electrons. The molecule has 1 N–H and O–H groups in total. The highest BCUT2D eigenvalue weighted by molar-refractivity contribution is 5.81. The molecule has 19 heavy (non-hydrogen) atoms. The Morgan fingerprint density at radius 3 is 2.63 bits per heavy atom. The van der Waals surface area contributed by atoms with Gasteiger partial charge in [-0.2, -0.15) is 0 Å². The number of nitrogens with one attached hydrogen (secondary N) is 1. The largest absolute Gasteiger partial charge is 0.375 e. The number of hydrogen-bond donors (Lipinski definition) is 1. The van der Waals surface area contributed by atoms with Gasteiger partial charge >= 0.3 is 0 Å². The third-order valence-electron chi connectivity index (χ3n) is 5.41. The van der Waals surface area contributed by atoms with Gasteiger partial charge in [0, 0.05) is 18.9 Å². The van der Waals surface area contributed by atoms with Gasteiger partial charge in [0.15, 0.2) is 0 Å². The van der Waals surface area contributed by atoms with E-state index in [9.17, 15) is 4.79 Å². The molecule has 3 fully saturated rings. The second-order valence-electron chi connectivity index (χ2n) is 6.79. The fourth-order valence-electron chi connectivity index (χ4n) is 4.21. The lowest BCUT2D eigenvalue weighted by Crippen LogP contribution is -2.40. The molecule has 2 aliphatic heterocycles. The first-order valence-electron chi connectivity index (χ1n) is 8.15.